The number of aromatic amines is 1. The zero-order chi connectivity index (χ0) is 14.7. The molecule has 0 aromatic carbocycles. The maximum absolute atomic E-state index is 11.9. The molecule has 0 unspecified atom stereocenters. The number of ether oxygens (including phenoxy) is 1. The fraction of sp³-hybridized carbons (Fsp3) is 0.786. The van der Waals surface area contributed by atoms with E-state index in [4.69, 9.17) is 17.0 Å². The van der Waals surface area contributed by atoms with Gasteiger partial charge in [-0.15, -0.1) is 0 Å². The lowest BCUT2D eigenvalue weighted by molar-refractivity contribution is -0.124. The van der Waals surface area contributed by atoms with E-state index >= 15 is 0 Å². The summed E-state index contributed by atoms with van der Waals surface area (Å²) in [5.74, 6) is 1.64. The number of nitrogens with one attached hydrogen (secondary N) is 2. The highest BCUT2D eigenvalue weighted by molar-refractivity contribution is 7.71. The maximum Gasteiger partial charge on any atom is 0.222 e. The zero-order valence-corrected chi connectivity index (χ0v) is 13.0. The summed E-state index contributed by atoms with van der Waals surface area (Å²) in [6.45, 7) is 2.05. The molecule has 1 saturated carbocycles. The molecule has 0 radical (unpaired) electrons. The van der Waals surface area contributed by atoms with Gasteiger partial charge in [0.15, 0.2) is 4.77 Å². The molecule has 6 nitrogen and oxygen atoms in total. The summed E-state index contributed by atoms with van der Waals surface area (Å²) in [4.78, 5) is 11.9. The first-order chi connectivity index (χ1) is 10.2. The highest BCUT2D eigenvalue weighted by Gasteiger charge is 2.28. The minimum Gasteiger partial charge on any atom is -0.378 e. The lowest BCUT2D eigenvalue weighted by Crippen LogP contribution is -2.32. The van der Waals surface area contributed by atoms with Gasteiger partial charge in [0.25, 0.3) is 0 Å². The van der Waals surface area contributed by atoms with Crippen molar-refractivity contribution >= 4 is 18.1 Å². The molecule has 1 amide bonds. The third-order valence-corrected chi connectivity index (χ3v) is 4.39. The summed E-state index contributed by atoms with van der Waals surface area (Å²) in [5, 5.41) is 10.1. The molecular weight excluding hydrogens is 288 g/mol. The minimum atomic E-state index is 0.0601. The van der Waals surface area contributed by atoms with Crippen LogP contribution >= 0.6 is 12.2 Å². The van der Waals surface area contributed by atoms with Crippen LogP contribution in [0.15, 0.2) is 0 Å². The zero-order valence-electron chi connectivity index (χ0n) is 12.1. The second-order valence-electron chi connectivity index (χ2n) is 5.86. The van der Waals surface area contributed by atoms with Crippen LogP contribution in [0.1, 0.15) is 50.3 Å². The fourth-order valence-electron chi connectivity index (χ4n) is 2.75. The van der Waals surface area contributed by atoms with Crippen molar-refractivity contribution < 1.29 is 9.53 Å². The van der Waals surface area contributed by atoms with Gasteiger partial charge in [-0.05, 0) is 44.3 Å². The van der Waals surface area contributed by atoms with E-state index in [9.17, 15) is 4.79 Å². The van der Waals surface area contributed by atoms with Gasteiger partial charge in [0, 0.05) is 25.6 Å². The topological polar surface area (TPSA) is 71.9 Å². The normalized spacial score (nSPS) is 22.2. The molecule has 0 bridgehead atoms. The molecule has 2 fully saturated rings. The Morgan fingerprint density at radius 3 is 3.00 bits per heavy atom. The van der Waals surface area contributed by atoms with Gasteiger partial charge in [-0.3, -0.25) is 9.89 Å². The second kappa shape index (κ2) is 6.70. The Morgan fingerprint density at radius 1 is 1.43 bits per heavy atom. The summed E-state index contributed by atoms with van der Waals surface area (Å²) >= 11 is 5.24. The number of hydrogen-bond acceptors (Lipinski definition) is 4. The number of carbonyl (C=O) groups is 1. The van der Waals surface area contributed by atoms with Gasteiger partial charge in [-0.25, -0.2) is 0 Å². The Bertz CT molecular complexity index is 543. The van der Waals surface area contributed by atoms with Crippen molar-refractivity contribution in [1.29, 1.82) is 0 Å². The molecule has 21 heavy (non-hydrogen) atoms. The van der Waals surface area contributed by atoms with E-state index in [2.05, 4.69) is 15.5 Å². The number of nitrogens with zero attached hydrogens (tertiary/aromatic N) is 2. The molecule has 2 N–H and O–H groups in total. The number of aromatic nitrogens is 3. The van der Waals surface area contributed by atoms with Crippen molar-refractivity contribution in [2.24, 2.45) is 0 Å². The van der Waals surface area contributed by atoms with Crippen molar-refractivity contribution in [3.63, 3.8) is 0 Å². The van der Waals surface area contributed by atoms with Crippen LogP contribution in [0.4, 0.5) is 0 Å². The third-order valence-electron chi connectivity index (χ3n) is 4.07. The summed E-state index contributed by atoms with van der Waals surface area (Å²) < 4.78 is 8.23. The van der Waals surface area contributed by atoms with Gasteiger partial charge >= 0.3 is 0 Å². The van der Waals surface area contributed by atoms with Gasteiger partial charge in [0.1, 0.15) is 5.82 Å². The van der Waals surface area contributed by atoms with Crippen LogP contribution in [0, 0.1) is 4.77 Å². The Kier molecular flexibility index (Phi) is 4.70. The molecule has 1 aromatic heterocycles. The molecular formula is C14H22N4O2S. The van der Waals surface area contributed by atoms with Gasteiger partial charge in [-0.2, -0.15) is 5.10 Å². The van der Waals surface area contributed by atoms with Crippen LogP contribution in [-0.4, -0.2) is 39.9 Å². The first-order valence-electron chi connectivity index (χ1n) is 7.77. The van der Waals surface area contributed by atoms with E-state index in [0.29, 0.717) is 30.2 Å². The smallest absolute Gasteiger partial charge is 0.222 e. The number of hydrogen-bond donors (Lipinski definition) is 2. The van der Waals surface area contributed by atoms with E-state index < -0.39 is 0 Å². The summed E-state index contributed by atoms with van der Waals surface area (Å²) in [5.41, 5.74) is 0. The van der Waals surface area contributed by atoms with Gasteiger partial charge < -0.3 is 14.6 Å². The SMILES string of the molecule is O=C(C[C@H]1CCCCO1)NCCn1c(C2CC2)n[nH]c1=S. The van der Waals surface area contributed by atoms with E-state index in [-0.39, 0.29) is 12.0 Å². The molecule has 1 aliphatic carbocycles. The number of rotatable bonds is 6. The third kappa shape index (κ3) is 3.91. The molecule has 7 heteroatoms. The molecule has 2 heterocycles. The number of carbonyl (C=O) groups excluding carboxylic acids is 1. The van der Waals surface area contributed by atoms with E-state index in [1.807, 2.05) is 4.57 Å². The standard InChI is InChI=1S/C14H22N4O2S/c19-12(9-11-3-1-2-8-20-11)15-6-7-18-13(10-4-5-10)16-17-14(18)21/h10-11H,1-9H2,(H,15,19)(H,17,21)/t11-/m1/s1. The van der Waals surface area contributed by atoms with Crippen LogP contribution in [0.5, 0.6) is 0 Å². The molecule has 0 spiro atoms. The van der Waals surface area contributed by atoms with Gasteiger partial charge in [0.05, 0.1) is 12.5 Å². The molecule has 3 rings (SSSR count). The van der Waals surface area contributed by atoms with Crippen molar-refractivity contribution in [3.8, 4) is 0 Å². The van der Waals surface area contributed by atoms with Crippen LogP contribution in [-0.2, 0) is 16.1 Å². The van der Waals surface area contributed by atoms with E-state index in [0.717, 1.165) is 31.7 Å². The fourth-order valence-corrected chi connectivity index (χ4v) is 2.98. The first kappa shape index (κ1) is 14.7. The minimum absolute atomic E-state index is 0.0601. The van der Waals surface area contributed by atoms with Crippen LogP contribution < -0.4 is 5.32 Å². The van der Waals surface area contributed by atoms with Crippen molar-refractivity contribution in [1.82, 2.24) is 20.1 Å². The average molecular weight is 310 g/mol. The van der Waals surface area contributed by atoms with Crippen LogP contribution in [0.2, 0.25) is 0 Å². The predicted octanol–water partition coefficient (Wildman–Crippen LogP) is 1.89. The van der Waals surface area contributed by atoms with Gasteiger partial charge in [-0.1, -0.05) is 0 Å². The monoisotopic (exact) mass is 310 g/mol. The molecule has 1 saturated heterocycles. The Morgan fingerprint density at radius 2 is 2.29 bits per heavy atom. The van der Waals surface area contributed by atoms with Crippen molar-refractivity contribution in [2.75, 3.05) is 13.2 Å². The maximum atomic E-state index is 11.9. The average Bonchev–Trinajstić information content (AvgIpc) is 3.26. The van der Waals surface area contributed by atoms with Crippen LogP contribution in [0.25, 0.3) is 0 Å². The molecule has 2 aliphatic rings. The van der Waals surface area contributed by atoms with E-state index in [1.165, 1.54) is 12.8 Å². The summed E-state index contributed by atoms with van der Waals surface area (Å²) in [7, 11) is 0. The highest BCUT2D eigenvalue weighted by atomic mass is 32.1. The lowest BCUT2D eigenvalue weighted by atomic mass is 10.1. The number of H-pyrrole nitrogens is 1. The lowest BCUT2D eigenvalue weighted by Gasteiger charge is -2.21. The Labute approximate surface area is 129 Å². The van der Waals surface area contributed by atoms with Crippen molar-refractivity contribution in [3.05, 3.63) is 10.6 Å². The molecule has 1 aromatic rings. The van der Waals surface area contributed by atoms with Crippen LogP contribution in [0.3, 0.4) is 0 Å². The van der Waals surface area contributed by atoms with Crippen molar-refractivity contribution in [2.45, 2.75) is 57.1 Å². The molecule has 1 atom stereocenters. The van der Waals surface area contributed by atoms with E-state index in [1.54, 1.807) is 0 Å². The first-order valence-corrected chi connectivity index (χ1v) is 8.18. The second-order valence-corrected chi connectivity index (χ2v) is 6.24. The molecule has 116 valence electrons. The highest BCUT2D eigenvalue weighted by Crippen LogP contribution is 2.38. The summed E-state index contributed by atoms with van der Waals surface area (Å²) in [6, 6.07) is 0. The Hall–Kier alpha value is -1.21. The largest absolute Gasteiger partial charge is 0.378 e. The molecule has 1 aliphatic heterocycles. The Balaban J connectivity index is 1.44. The predicted molar refractivity (Wildman–Crippen MR) is 80.6 cm³/mol. The van der Waals surface area contributed by atoms with Gasteiger partial charge in [0.2, 0.25) is 5.91 Å². The number of amides is 1. The summed E-state index contributed by atoms with van der Waals surface area (Å²) in [6.07, 6.45) is 6.19. The quantitative estimate of drug-likeness (QED) is 0.787.